The Kier molecular flexibility index (Phi) is 10.9. The molecule has 13 aromatic carbocycles. The maximum Gasteiger partial charge on any atom is 0.257 e. The lowest BCUT2D eigenvalue weighted by molar-refractivity contribution is 0.486. The predicted molar refractivity (Wildman–Crippen MR) is 366 cm³/mol. The first-order chi connectivity index (χ1) is 42.0. The van der Waals surface area contributed by atoms with Gasteiger partial charge < -0.3 is 23.7 Å². The first kappa shape index (κ1) is 50.2. The van der Waals surface area contributed by atoms with E-state index < -0.39 is 0 Å². The summed E-state index contributed by atoms with van der Waals surface area (Å²) in [4.78, 5) is 4.95. The number of fused-ring (bicyclic) bond motifs is 17. The molecule has 0 amide bonds. The highest BCUT2D eigenvalue weighted by Gasteiger charge is 2.46. The van der Waals surface area contributed by atoms with Crippen LogP contribution in [-0.4, -0.2) is 15.8 Å². The summed E-state index contributed by atoms with van der Waals surface area (Å²) in [6, 6.07) is 97.3. The van der Waals surface area contributed by atoms with Gasteiger partial charge in [0.2, 0.25) is 0 Å². The van der Waals surface area contributed by atoms with E-state index in [0.29, 0.717) is 0 Å². The van der Waals surface area contributed by atoms with Crippen molar-refractivity contribution in [2.75, 3.05) is 9.80 Å². The molecule has 4 heterocycles. The lowest BCUT2D eigenvalue weighted by atomic mass is 9.33. The SMILES string of the molecule is CC(C)(C)c1ccc(N2c3cc(N(c4ccccc4)c4ccccc4)cc4c3B(c3cc(C(C)(C)C)ccc3O4)c3c2cc(-n2c4ccccc4c4ccccc42)c2c3c3ccccc3n2-c2ccc3c4ccccc4c4ccccc4c3c2)cc1. The highest BCUT2D eigenvalue weighted by molar-refractivity contribution is 7.01. The standard InChI is InChI=1S/C80H61BN4O/c1-79(2,3)50-37-40-54(41-38-50)83-70-47-56(82(52-23-9-7-10-24-52)53-25-11-8-12-26-53)48-74-76(70)81(66-45-51(80(4,5)6)39-44-73(66)86-74)77-71(83)49-72(85-67-34-20-17-31-62(67)63-32-18-21-35-68(63)85)78-75(77)64-33-19-22-36-69(64)84(78)55-42-43-61-59-29-14-13-27-57(59)58-28-15-16-30-60(58)65(61)46-55/h7-49H,1-6H3. The van der Waals surface area contributed by atoms with E-state index in [9.17, 15) is 0 Å². The summed E-state index contributed by atoms with van der Waals surface area (Å²) in [6.07, 6.45) is 0. The van der Waals surface area contributed by atoms with Crippen LogP contribution in [0.3, 0.4) is 0 Å². The molecule has 0 radical (unpaired) electrons. The number of anilines is 6. The van der Waals surface area contributed by atoms with Gasteiger partial charge in [-0.3, -0.25) is 0 Å². The minimum Gasteiger partial charge on any atom is -0.458 e. The van der Waals surface area contributed by atoms with Crippen molar-refractivity contribution in [2.45, 2.75) is 52.4 Å². The molecule has 410 valence electrons. The lowest BCUT2D eigenvalue weighted by Gasteiger charge is -2.42. The Morgan fingerprint density at radius 1 is 0.337 bits per heavy atom. The maximum absolute atomic E-state index is 7.51. The number of hydrogen-bond donors (Lipinski definition) is 0. The van der Waals surface area contributed by atoms with Crippen molar-refractivity contribution >= 4 is 133 Å². The molecule has 0 saturated heterocycles. The van der Waals surface area contributed by atoms with Crippen molar-refractivity contribution in [1.29, 1.82) is 0 Å². The molecule has 15 aromatic rings. The predicted octanol–water partition coefficient (Wildman–Crippen LogP) is 19.8. The average Bonchev–Trinajstić information content (AvgIpc) is 1.31. The quantitative estimate of drug-likeness (QED) is 0.123. The summed E-state index contributed by atoms with van der Waals surface area (Å²) in [5.74, 6) is 1.71. The molecule has 0 bridgehead atoms. The summed E-state index contributed by atoms with van der Waals surface area (Å²) in [5.41, 5.74) is 19.1. The van der Waals surface area contributed by atoms with E-state index >= 15 is 0 Å². The molecule has 0 atom stereocenters. The molecule has 5 nitrogen and oxygen atoms in total. The van der Waals surface area contributed by atoms with Crippen LogP contribution in [0.15, 0.2) is 261 Å². The summed E-state index contributed by atoms with van der Waals surface area (Å²) >= 11 is 0. The topological polar surface area (TPSA) is 25.6 Å². The van der Waals surface area contributed by atoms with Crippen molar-refractivity contribution in [3.63, 3.8) is 0 Å². The number of para-hydroxylation sites is 5. The van der Waals surface area contributed by atoms with Crippen molar-refractivity contribution in [3.8, 4) is 22.9 Å². The van der Waals surface area contributed by atoms with Crippen LogP contribution in [0.4, 0.5) is 34.1 Å². The zero-order chi connectivity index (χ0) is 57.7. The molecule has 0 spiro atoms. The monoisotopic (exact) mass is 1100 g/mol. The van der Waals surface area contributed by atoms with Gasteiger partial charge in [0.05, 0.1) is 33.4 Å². The second kappa shape index (κ2) is 18.6. The number of hydrogen-bond acceptors (Lipinski definition) is 3. The van der Waals surface area contributed by atoms with Crippen LogP contribution in [0, 0.1) is 0 Å². The van der Waals surface area contributed by atoms with E-state index in [0.717, 1.165) is 90.0 Å². The molecule has 0 fully saturated rings. The van der Waals surface area contributed by atoms with E-state index in [2.05, 4.69) is 321 Å². The van der Waals surface area contributed by atoms with Crippen LogP contribution >= 0.6 is 0 Å². The normalized spacial score (nSPS) is 13.0. The maximum atomic E-state index is 7.51. The van der Waals surface area contributed by atoms with Gasteiger partial charge in [-0.25, -0.2) is 0 Å². The van der Waals surface area contributed by atoms with Gasteiger partial charge in [-0.2, -0.15) is 0 Å². The fourth-order valence-corrected chi connectivity index (χ4v) is 14.6. The van der Waals surface area contributed by atoms with Gasteiger partial charge in [0.25, 0.3) is 6.71 Å². The molecule has 2 aromatic heterocycles. The zero-order valence-electron chi connectivity index (χ0n) is 49.1. The fourth-order valence-electron chi connectivity index (χ4n) is 14.6. The Labute approximate surface area is 501 Å². The van der Waals surface area contributed by atoms with Crippen LogP contribution < -0.4 is 30.9 Å². The third-order valence-corrected chi connectivity index (χ3v) is 18.6. The van der Waals surface area contributed by atoms with Gasteiger partial charge in [0, 0.05) is 61.7 Å². The molecule has 86 heavy (non-hydrogen) atoms. The smallest absolute Gasteiger partial charge is 0.257 e. The second-order valence-corrected chi connectivity index (χ2v) is 25.6. The lowest BCUT2D eigenvalue weighted by Crippen LogP contribution is -2.60. The summed E-state index contributed by atoms with van der Waals surface area (Å²) in [7, 11) is 0. The molecule has 0 aliphatic carbocycles. The van der Waals surface area contributed by atoms with Crippen molar-refractivity contribution < 1.29 is 4.74 Å². The van der Waals surface area contributed by atoms with Gasteiger partial charge in [0.1, 0.15) is 11.5 Å². The van der Waals surface area contributed by atoms with E-state index in [1.807, 2.05) is 0 Å². The fraction of sp³-hybridized carbons (Fsp3) is 0.100. The van der Waals surface area contributed by atoms with Crippen LogP contribution in [0.25, 0.3) is 87.3 Å². The highest BCUT2D eigenvalue weighted by atomic mass is 16.5. The molecular weight excluding hydrogens is 1040 g/mol. The molecule has 2 aliphatic heterocycles. The Bertz CT molecular complexity index is 5170. The Morgan fingerprint density at radius 3 is 1.40 bits per heavy atom. The number of benzene rings is 13. The largest absolute Gasteiger partial charge is 0.458 e. The summed E-state index contributed by atoms with van der Waals surface area (Å²) < 4.78 is 12.7. The number of nitrogens with zero attached hydrogens (tertiary/aromatic N) is 4. The van der Waals surface area contributed by atoms with E-state index in [-0.39, 0.29) is 17.5 Å². The van der Waals surface area contributed by atoms with Gasteiger partial charge >= 0.3 is 0 Å². The number of rotatable bonds is 6. The van der Waals surface area contributed by atoms with Crippen molar-refractivity contribution in [2.24, 2.45) is 0 Å². The van der Waals surface area contributed by atoms with Gasteiger partial charge in [-0.1, -0.05) is 211 Å². The Morgan fingerprint density at radius 2 is 0.814 bits per heavy atom. The van der Waals surface area contributed by atoms with Crippen molar-refractivity contribution in [3.05, 3.63) is 272 Å². The highest BCUT2D eigenvalue weighted by Crippen LogP contribution is 2.51. The van der Waals surface area contributed by atoms with Gasteiger partial charge in [0.15, 0.2) is 0 Å². The minimum absolute atomic E-state index is 0.0590. The molecule has 17 rings (SSSR count). The molecule has 0 saturated carbocycles. The Hall–Kier alpha value is -10.3. The first-order valence-electron chi connectivity index (χ1n) is 30.2. The molecule has 2 aliphatic rings. The molecule has 0 N–H and O–H groups in total. The van der Waals surface area contributed by atoms with E-state index in [1.165, 1.54) is 70.5 Å². The first-order valence-corrected chi connectivity index (χ1v) is 30.2. The van der Waals surface area contributed by atoms with Crippen molar-refractivity contribution in [1.82, 2.24) is 9.13 Å². The molecule has 0 unspecified atom stereocenters. The molecule has 6 heteroatoms. The van der Waals surface area contributed by atoms with E-state index in [1.54, 1.807) is 0 Å². The second-order valence-electron chi connectivity index (χ2n) is 25.6. The summed E-state index contributed by atoms with van der Waals surface area (Å²) in [6.45, 7) is 13.6. The van der Waals surface area contributed by atoms with Gasteiger partial charge in [-0.05, 0) is 156 Å². The third-order valence-electron chi connectivity index (χ3n) is 18.6. The van der Waals surface area contributed by atoms with Crippen LogP contribution in [0.1, 0.15) is 52.7 Å². The Balaban J connectivity index is 1.07. The number of aromatic nitrogens is 2. The number of ether oxygens (including phenoxy) is 1. The average molecular weight is 1110 g/mol. The van der Waals surface area contributed by atoms with Crippen LogP contribution in [-0.2, 0) is 10.8 Å². The molecular formula is C80H61BN4O. The minimum atomic E-state index is -0.247. The summed E-state index contributed by atoms with van der Waals surface area (Å²) in [5, 5.41) is 12.3. The van der Waals surface area contributed by atoms with E-state index in [4.69, 9.17) is 4.74 Å². The van der Waals surface area contributed by atoms with Crippen LogP contribution in [0.2, 0.25) is 0 Å². The zero-order valence-corrected chi connectivity index (χ0v) is 49.1. The third kappa shape index (κ3) is 7.45. The van der Waals surface area contributed by atoms with Gasteiger partial charge in [-0.15, -0.1) is 0 Å². The van der Waals surface area contributed by atoms with Crippen LogP contribution in [0.5, 0.6) is 11.5 Å².